The molecule has 1 rings (SSSR count). The van der Waals surface area contributed by atoms with Crippen molar-refractivity contribution in [1.82, 2.24) is 0 Å². The molecular weight excluding hydrogens is 745 g/mol. The maximum absolute atomic E-state index is 7.46. The fraction of sp³-hybridized carbons (Fsp3) is 0.857. The predicted molar refractivity (Wildman–Crippen MR) is 249 cm³/mol. The Kier molecular flexibility index (Phi) is 21.0. The van der Waals surface area contributed by atoms with E-state index in [1.165, 1.54) is 36.0 Å². The first kappa shape index (κ1) is 50.3. The quantitative estimate of drug-likeness (QED) is 0.0543. The summed E-state index contributed by atoms with van der Waals surface area (Å²) in [7, 11) is -7.84. The van der Waals surface area contributed by atoms with Gasteiger partial charge in [-0.25, -0.2) is 0 Å². The molecule has 2 unspecified atom stereocenters. The monoisotopic (exact) mass is 831 g/mol. The Morgan fingerprint density at radius 2 is 1.17 bits per heavy atom. The van der Waals surface area contributed by atoms with Crippen molar-refractivity contribution in [2.75, 3.05) is 17.3 Å². The minimum absolute atomic E-state index is 0.0657. The smallest absolute Gasteiger partial charge is 0.250 e. The number of thioether (sulfide) groups is 1. The van der Waals surface area contributed by atoms with E-state index in [9.17, 15) is 0 Å². The molecule has 0 bridgehead atoms. The average molecular weight is 832 g/mol. The van der Waals surface area contributed by atoms with Gasteiger partial charge in [0.2, 0.25) is 0 Å². The van der Waals surface area contributed by atoms with Crippen molar-refractivity contribution < 1.29 is 17.7 Å². The minimum Gasteiger partial charge on any atom is -0.541 e. The van der Waals surface area contributed by atoms with Crippen LogP contribution in [-0.4, -0.2) is 61.7 Å². The first-order valence-electron chi connectivity index (χ1n) is 21.1. The zero-order chi connectivity index (χ0) is 40.1. The van der Waals surface area contributed by atoms with Crippen molar-refractivity contribution in [2.45, 2.75) is 213 Å². The van der Waals surface area contributed by atoms with E-state index in [4.69, 9.17) is 17.7 Å². The van der Waals surface area contributed by atoms with Crippen LogP contribution in [0.2, 0.25) is 72.0 Å². The van der Waals surface area contributed by atoms with Crippen molar-refractivity contribution in [2.24, 2.45) is 0 Å². The Bertz CT molecular complexity index is 1150. The maximum atomic E-state index is 7.46. The molecule has 52 heavy (non-hydrogen) atoms. The second-order valence-corrected chi connectivity index (χ2v) is 38.2. The summed E-state index contributed by atoms with van der Waals surface area (Å²) in [5.41, 5.74) is 1.48. The molecule has 0 radical (unpaired) electrons. The van der Waals surface area contributed by atoms with Gasteiger partial charge in [0.05, 0.1) is 5.60 Å². The topological polar surface area (TPSA) is 36.9 Å². The summed E-state index contributed by atoms with van der Waals surface area (Å²) >= 11 is 6.70. The fourth-order valence-corrected chi connectivity index (χ4v) is 22.2. The van der Waals surface area contributed by atoms with Crippen LogP contribution in [0.4, 0.5) is 0 Å². The predicted octanol–water partition coefficient (Wildman–Crippen LogP) is 14.8. The Labute approximate surface area is 338 Å². The third-order valence-corrected chi connectivity index (χ3v) is 34.0. The first-order chi connectivity index (χ1) is 24.0. The lowest BCUT2D eigenvalue weighted by atomic mass is 9.93. The average Bonchev–Trinajstić information content (AvgIpc) is 3.08. The normalized spacial score (nSPS) is 15.8. The van der Waals surface area contributed by atoms with Crippen LogP contribution in [0.1, 0.15) is 129 Å². The van der Waals surface area contributed by atoms with E-state index >= 15 is 0 Å². The lowest BCUT2D eigenvalue weighted by molar-refractivity contribution is 0.0263. The molecule has 0 aliphatic rings. The number of benzene rings is 1. The van der Waals surface area contributed by atoms with Gasteiger partial charge < -0.3 is 17.7 Å². The van der Waals surface area contributed by atoms with Gasteiger partial charge >= 0.3 is 0 Å². The van der Waals surface area contributed by atoms with Crippen molar-refractivity contribution in [3.05, 3.63) is 23.8 Å². The molecular formula is C42H86O4S2Si4. The summed E-state index contributed by atoms with van der Waals surface area (Å²) in [5, 5.41) is -0.0657. The second kappa shape index (κ2) is 21.7. The number of aryl methyl sites for hydroxylation is 1. The van der Waals surface area contributed by atoms with Crippen molar-refractivity contribution in [3.8, 4) is 11.5 Å². The summed E-state index contributed by atoms with van der Waals surface area (Å²) in [6.45, 7) is 39.8. The van der Waals surface area contributed by atoms with E-state index in [-0.39, 0.29) is 16.2 Å². The van der Waals surface area contributed by atoms with Crippen LogP contribution >= 0.6 is 24.4 Å². The van der Waals surface area contributed by atoms with E-state index in [0.717, 1.165) is 72.4 Å². The number of hydrogen-bond acceptors (Lipinski definition) is 6. The van der Waals surface area contributed by atoms with Crippen LogP contribution in [0.25, 0.3) is 0 Å². The molecule has 2 atom stereocenters. The van der Waals surface area contributed by atoms with Crippen molar-refractivity contribution in [3.63, 3.8) is 0 Å². The van der Waals surface area contributed by atoms with E-state index in [1.807, 2.05) is 0 Å². The highest BCUT2D eigenvalue weighted by Gasteiger charge is 2.57. The zero-order valence-corrected chi connectivity index (χ0v) is 43.1. The lowest BCUT2D eigenvalue weighted by Gasteiger charge is -2.56. The van der Waals surface area contributed by atoms with Gasteiger partial charge in [-0.15, -0.1) is 0 Å². The Balaban J connectivity index is 2.97. The Morgan fingerprint density at radius 3 is 1.63 bits per heavy atom. The molecule has 0 saturated carbocycles. The van der Waals surface area contributed by atoms with E-state index in [0.29, 0.717) is 5.54 Å². The lowest BCUT2D eigenvalue weighted by Crippen LogP contribution is -2.61. The van der Waals surface area contributed by atoms with Gasteiger partial charge in [-0.3, -0.25) is 0 Å². The third kappa shape index (κ3) is 14.0. The molecule has 306 valence electrons. The van der Waals surface area contributed by atoms with E-state index in [2.05, 4.69) is 160 Å². The van der Waals surface area contributed by atoms with Crippen LogP contribution in [0, 0.1) is 0 Å². The summed E-state index contributed by atoms with van der Waals surface area (Å²) in [6, 6.07) is 16.0. The molecule has 0 aliphatic carbocycles. The molecule has 0 fully saturated rings. The molecule has 1 aromatic rings. The van der Waals surface area contributed by atoms with Gasteiger partial charge in [-0.05, 0) is 162 Å². The molecule has 0 N–H and O–H groups in total. The molecule has 0 heterocycles. The second-order valence-electron chi connectivity index (χ2n) is 18.3. The highest BCUT2D eigenvalue weighted by Crippen LogP contribution is 2.54. The fourth-order valence-electron chi connectivity index (χ4n) is 7.67. The van der Waals surface area contributed by atoms with Crippen molar-refractivity contribution in [1.29, 1.82) is 0 Å². The standard InChI is InChI=1S/C42H86O4S2Si4/c1-18-51(19-2,20-3)43-38-29-28-37(35-39(38)44-52(21-4,22-5)23-6)27-24-31-48-32-26-33-49(16,36(7)8)46-41(12,13)42(14,15)50(17,34-25-30-47)45-40(9,10)11/h28-29,35-36,47H,18-27,30-34H2,1-17H3. The number of rotatable bonds is 27. The molecule has 10 heteroatoms. The summed E-state index contributed by atoms with van der Waals surface area (Å²) in [6.07, 6.45) is 4.57. The van der Waals surface area contributed by atoms with Gasteiger partial charge in [0, 0.05) is 10.6 Å². The molecule has 0 aromatic heterocycles. The zero-order valence-electron chi connectivity index (χ0n) is 37.4. The molecule has 0 spiro atoms. The van der Waals surface area contributed by atoms with Crippen LogP contribution in [-0.2, 0) is 15.3 Å². The molecule has 4 nitrogen and oxygen atoms in total. The van der Waals surface area contributed by atoms with Crippen LogP contribution < -0.4 is 8.85 Å². The Hall–Kier alpha value is 0.308. The van der Waals surface area contributed by atoms with Gasteiger partial charge in [0.1, 0.15) is 11.5 Å². The third-order valence-electron chi connectivity index (χ3n) is 13.1. The van der Waals surface area contributed by atoms with Gasteiger partial charge in [-0.1, -0.05) is 75.3 Å². The van der Waals surface area contributed by atoms with Crippen LogP contribution in [0.3, 0.4) is 0 Å². The van der Waals surface area contributed by atoms with Crippen molar-refractivity contribution >= 4 is 57.7 Å². The van der Waals surface area contributed by atoms with Crippen LogP contribution in [0.5, 0.6) is 11.5 Å². The summed E-state index contributed by atoms with van der Waals surface area (Å²) in [4.78, 5) is 0. The number of hydrogen-bond donors (Lipinski definition) is 1. The largest absolute Gasteiger partial charge is 0.541 e. The summed E-state index contributed by atoms with van der Waals surface area (Å²) in [5.74, 6) is 5.30. The van der Waals surface area contributed by atoms with E-state index in [1.54, 1.807) is 0 Å². The first-order valence-corrected chi connectivity index (χ1v) is 33.3. The SMILES string of the molecule is CC[Si](CC)(CC)Oc1ccc(CCCSCCC[Si](C)(OC(C)(C)C(C)(C)[Si](C)(CCCS)OC(C)(C)C)C(C)C)cc1O[Si](CC)(CC)CC. The van der Waals surface area contributed by atoms with Crippen LogP contribution in [0.15, 0.2) is 18.2 Å². The summed E-state index contributed by atoms with van der Waals surface area (Å²) < 4.78 is 28.5. The molecule has 1 aromatic carbocycles. The highest BCUT2D eigenvalue weighted by molar-refractivity contribution is 7.99. The molecule has 0 amide bonds. The molecule has 0 saturated heterocycles. The molecule has 0 aliphatic heterocycles. The van der Waals surface area contributed by atoms with Gasteiger partial charge in [0.25, 0.3) is 16.6 Å². The highest BCUT2D eigenvalue weighted by atomic mass is 32.2. The minimum atomic E-state index is -2.19. The van der Waals surface area contributed by atoms with Gasteiger partial charge in [-0.2, -0.15) is 24.4 Å². The van der Waals surface area contributed by atoms with Gasteiger partial charge in [0.15, 0.2) is 16.6 Å². The van der Waals surface area contributed by atoms with E-state index < -0.39 is 33.3 Å². The maximum Gasteiger partial charge on any atom is 0.250 e. The Morgan fingerprint density at radius 1 is 0.673 bits per heavy atom. The number of thiol groups is 1.